The van der Waals surface area contributed by atoms with Crippen molar-refractivity contribution in [2.45, 2.75) is 12.8 Å². The van der Waals surface area contributed by atoms with Crippen LogP contribution in [-0.4, -0.2) is 40.6 Å². The fourth-order valence-electron chi connectivity index (χ4n) is 2.97. The number of benzene rings is 3. The topological polar surface area (TPSA) is 73.1 Å². The molecule has 3 aromatic carbocycles. The summed E-state index contributed by atoms with van der Waals surface area (Å²) in [5, 5.41) is 23.7. The van der Waals surface area contributed by atoms with Crippen molar-refractivity contribution in [3.8, 4) is 11.8 Å². The van der Waals surface area contributed by atoms with Crippen LogP contribution in [0.4, 0.5) is 5.69 Å². The van der Waals surface area contributed by atoms with Gasteiger partial charge in [-0.15, -0.1) is 0 Å². The van der Waals surface area contributed by atoms with Crippen LogP contribution in [0.3, 0.4) is 0 Å². The van der Waals surface area contributed by atoms with E-state index in [1.165, 1.54) is 0 Å². The molecule has 1 unspecified atom stereocenters. The first-order valence-corrected chi connectivity index (χ1v) is 11.6. The molecule has 3 rings (SSSR count). The maximum atomic E-state index is 12.7. The average molecular weight is 688 g/mol. The van der Waals surface area contributed by atoms with Gasteiger partial charge >= 0.3 is 0 Å². The van der Waals surface area contributed by atoms with Crippen molar-refractivity contribution in [3.05, 3.63) is 88.0 Å². The minimum Gasteiger partial charge on any atom is -0.506 e. The van der Waals surface area contributed by atoms with Crippen LogP contribution in [0.2, 0.25) is 10.0 Å². The number of aromatic hydroxyl groups is 1. The molecular formula is C22H16Cl2I2N2NaO2. The second-order valence-electron chi connectivity index (χ2n) is 6.54. The molecule has 0 aliphatic heterocycles. The summed E-state index contributed by atoms with van der Waals surface area (Å²) in [4.78, 5) is 12.7. The van der Waals surface area contributed by atoms with E-state index in [2.05, 4.69) is 34.0 Å². The molecule has 2 N–H and O–H groups in total. The number of nitrogens with zero attached hydrogens (tertiary/aromatic N) is 1. The first kappa shape index (κ1) is 26.7. The normalized spacial score (nSPS) is 11.2. The third kappa shape index (κ3) is 6.28. The van der Waals surface area contributed by atoms with Crippen molar-refractivity contribution in [2.75, 3.05) is 5.32 Å². The number of hydrogen-bond donors (Lipinski definition) is 2. The molecular weight excluding hydrogens is 672 g/mol. The van der Waals surface area contributed by atoms with Gasteiger partial charge in [-0.1, -0.05) is 41.4 Å². The van der Waals surface area contributed by atoms with Crippen LogP contribution in [0, 0.1) is 25.4 Å². The molecule has 0 saturated heterocycles. The third-order valence-electron chi connectivity index (χ3n) is 4.51. The second kappa shape index (κ2) is 11.5. The first-order valence-electron chi connectivity index (χ1n) is 8.65. The maximum Gasteiger partial charge on any atom is 0.259 e. The van der Waals surface area contributed by atoms with Crippen LogP contribution >= 0.6 is 68.4 Å². The number of halogens is 4. The second-order valence-corrected chi connectivity index (χ2v) is 9.79. The van der Waals surface area contributed by atoms with E-state index in [-0.39, 0.29) is 42.3 Å². The van der Waals surface area contributed by atoms with E-state index in [0.29, 0.717) is 24.9 Å². The van der Waals surface area contributed by atoms with Crippen molar-refractivity contribution >= 4 is 110 Å². The van der Waals surface area contributed by atoms with E-state index in [4.69, 9.17) is 23.2 Å². The number of phenols is 1. The molecule has 4 nitrogen and oxygen atoms in total. The quantitative estimate of drug-likeness (QED) is 0.230. The van der Waals surface area contributed by atoms with Gasteiger partial charge in [0, 0.05) is 50.3 Å². The fourth-order valence-corrected chi connectivity index (χ4v) is 5.21. The Balaban J connectivity index is 0.00000256. The Hall–Kier alpha value is -0.540. The summed E-state index contributed by atoms with van der Waals surface area (Å²) in [5.74, 6) is -1.08. The molecule has 9 heteroatoms. The molecule has 0 fully saturated rings. The van der Waals surface area contributed by atoms with E-state index in [9.17, 15) is 15.2 Å². The first-order chi connectivity index (χ1) is 14.2. The molecule has 1 radical (unpaired) electrons. The molecule has 0 bridgehead atoms. The molecule has 0 heterocycles. The monoisotopic (exact) mass is 687 g/mol. The maximum absolute atomic E-state index is 12.7. The summed E-state index contributed by atoms with van der Waals surface area (Å²) in [6, 6.07) is 16.1. The van der Waals surface area contributed by atoms with Gasteiger partial charge in [0.15, 0.2) is 0 Å². The van der Waals surface area contributed by atoms with Gasteiger partial charge in [-0.25, -0.2) is 0 Å². The Labute approximate surface area is 241 Å². The minimum atomic E-state index is -0.570. The van der Waals surface area contributed by atoms with E-state index < -0.39 is 11.8 Å². The summed E-state index contributed by atoms with van der Waals surface area (Å²) in [5.41, 5.74) is 2.86. The van der Waals surface area contributed by atoms with Crippen LogP contribution in [0.5, 0.6) is 5.75 Å². The molecule has 31 heavy (non-hydrogen) atoms. The number of hydrogen-bond acceptors (Lipinski definition) is 3. The van der Waals surface area contributed by atoms with Gasteiger partial charge in [0.25, 0.3) is 5.91 Å². The van der Waals surface area contributed by atoms with E-state index in [0.717, 1.165) is 14.7 Å². The molecule has 1 atom stereocenters. The Morgan fingerprint density at radius 3 is 2.42 bits per heavy atom. The fraction of sp³-hybridized carbons (Fsp3) is 0.0909. The number of phenolic OH excluding ortho intramolecular Hbond substituents is 1. The van der Waals surface area contributed by atoms with Crippen molar-refractivity contribution in [3.63, 3.8) is 0 Å². The van der Waals surface area contributed by atoms with E-state index in [1.54, 1.807) is 48.5 Å². The van der Waals surface area contributed by atoms with Crippen LogP contribution in [0.15, 0.2) is 48.5 Å². The van der Waals surface area contributed by atoms with Gasteiger partial charge in [0.05, 0.1) is 21.1 Å². The summed E-state index contributed by atoms with van der Waals surface area (Å²) in [6.07, 6.45) is 0. The molecule has 3 aromatic rings. The summed E-state index contributed by atoms with van der Waals surface area (Å²) in [7, 11) is 0. The zero-order valence-corrected chi connectivity index (χ0v) is 24.3. The third-order valence-corrected chi connectivity index (χ3v) is 6.53. The SMILES string of the molecule is Cc1cc(C(C#N)c2ccc(Cl)cc2)c(Cl)cc1NC(=O)c1cc(I)cc(I)c1O.[HH].[Na]. The number of amides is 1. The zero-order chi connectivity index (χ0) is 22.0. The van der Waals surface area contributed by atoms with Crippen LogP contribution in [0.1, 0.15) is 34.4 Å². The Morgan fingerprint density at radius 1 is 1.16 bits per heavy atom. The van der Waals surface area contributed by atoms with Gasteiger partial charge in [-0.2, -0.15) is 5.26 Å². The Morgan fingerprint density at radius 2 is 1.81 bits per heavy atom. The van der Waals surface area contributed by atoms with Gasteiger partial charge in [-0.3, -0.25) is 4.79 Å². The standard InChI is InChI=1S/C22H14Cl2I2N2O2.Na.H2/c1-11-6-15(17(10-27)12-2-4-13(23)5-3-12)18(24)9-20(11)28-22(30)16-7-14(25)8-19(26)21(16)29;;/h2-9,17,29H,1H3,(H,28,30);;1H. The van der Waals surface area contributed by atoms with Crippen molar-refractivity contribution in [2.24, 2.45) is 0 Å². The minimum absolute atomic E-state index is 0. The number of aryl methyl sites for hydroxylation is 1. The van der Waals surface area contributed by atoms with Gasteiger partial charge in [-0.05, 0) is 99.1 Å². The van der Waals surface area contributed by atoms with Crippen molar-refractivity contribution < 1.29 is 11.3 Å². The predicted octanol–water partition coefficient (Wildman–Crippen LogP) is 6.99. The molecule has 0 aliphatic rings. The van der Waals surface area contributed by atoms with Crippen molar-refractivity contribution in [1.82, 2.24) is 0 Å². The van der Waals surface area contributed by atoms with Gasteiger partial charge < -0.3 is 10.4 Å². The summed E-state index contributed by atoms with van der Waals surface area (Å²) in [6.45, 7) is 1.82. The molecule has 0 spiro atoms. The zero-order valence-electron chi connectivity index (χ0n) is 16.5. The van der Waals surface area contributed by atoms with Crippen molar-refractivity contribution in [1.29, 1.82) is 5.26 Å². The molecule has 1 amide bonds. The predicted molar refractivity (Wildman–Crippen MR) is 144 cm³/mol. The number of rotatable bonds is 4. The van der Waals surface area contributed by atoms with Gasteiger partial charge in [0.1, 0.15) is 5.75 Å². The smallest absolute Gasteiger partial charge is 0.259 e. The number of nitriles is 1. The van der Waals surface area contributed by atoms with Crippen LogP contribution in [0.25, 0.3) is 0 Å². The van der Waals surface area contributed by atoms with E-state index >= 15 is 0 Å². The van der Waals surface area contributed by atoms with Gasteiger partial charge in [0.2, 0.25) is 0 Å². The van der Waals surface area contributed by atoms with Crippen LogP contribution in [-0.2, 0) is 0 Å². The summed E-state index contributed by atoms with van der Waals surface area (Å²) >= 11 is 16.5. The number of carbonyl (C=O) groups excluding carboxylic acids is 1. The number of carbonyl (C=O) groups is 1. The Kier molecular flexibility index (Phi) is 9.95. The number of anilines is 1. The van der Waals surface area contributed by atoms with Crippen LogP contribution < -0.4 is 5.32 Å². The molecule has 0 aliphatic carbocycles. The average Bonchev–Trinajstić information content (AvgIpc) is 2.70. The molecule has 0 aromatic heterocycles. The molecule has 0 saturated carbocycles. The Bertz CT molecular complexity index is 1190. The number of nitrogens with one attached hydrogen (secondary N) is 1. The molecule has 155 valence electrons. The van der Waals surface area contributed by atoms with E-state index in [1.807, 2.05) is 29.5 Å². The largest absolute Gasteiger partial charge is 0.506 e. The summed E-state index contributed by atoms with van der Waals surface area (Å²) < 4.78 is 1.43.